The van der Waals surface area contributed by atoms with Crippen molar-refractivity contribution in [2.45, 2.75) is 38.0 Å². The van der Waals surface area contributed by atoms with Crippen LogP contribution in [0.3, 0.4) is 0 Å². The summed E-state index contributed by atoms with van der Waals surface area (Å²) in [5.41, 5.74) is 1.18. The van der Waals surface area contributed by atoms with E-state index >= 15 is 0 Å². The average Bonchev–Trinajstić information content (AvgIpc) is 2.47. The van der Waals surface area contributed by atoms with E-state index in [1.54, 1.807) is 16.4 Å². The van der Waals surface area contributed by atoms with Gasteiger partial charge < -0.3 is 0 Å². The molecule has 0 radical (unpaired) electrons. The van der Waals surface area contributed by atoms with Crippen LogP contribution in [0.15, 0.2) is 41.8 Å². The van der Waals surface area contributed by atoms with Crippen LogP contribution in [0.1, 0.15) is 31.7 Å². The van der Waals surface area contributed by atoms with Crippen LogP contribution in [0.25, 0.3) is 0 Å². The summed E-state index contributed by atoms with van der Waals surface area (Å²) < 4.78 is 26.8. The molecule has 1 aliphatic heterocycles. The van der Waals surface area contributed by atoms with Crippen LogP contribution in [0.4, 0.5) is 0 Å². The van der Waals surface area contributed by atoms with Crippen molar-refractivity contribution in [3.05, 3.63) is 42.5 Å². The molecule has 20 heavy (non-hydrogen) atoms. The summed E-state index contributed by atoms with van der Waals surface area (Å²) in [6.45, 7) is 9.17. The van der Waals surface area contributed by atoms with E-state index in [0.29, 0.717) is 18.0 Å². The third kappa shape index (κ3) is 2.81. The zero-order valence-corrected chi connectivity index (χ0v) is 13.1. The van der Waals surface area contributed by atoms with E-state index in [1.807, 2.05) is 25.1 Å². The van der Waals surface area contributed by atoms with Crippen molar-refractivity contribution in [1.29, 1.82) is 0 Å². The molecule has 0 spiro atoms. The lowest BCUT2D eigenvalue weighted by molar-refractivity contribution is 0.200. The topological polar surface area (TPSA) is 37.4 Å². The van der Waals surface area contributed by atoms with Gasteiger partial charge in [-0.25, -0.2) is 8.42 Å². The first-order valence-corrected chi connectivity index (χ1v) is 8.58. The van der Waals surface area contributed by atoms with Gasteiger partial charge in [-0.1, -0.05) is 30.7 Å². The van der Waals surface area contributed by atoms with Gasteiger partial charge in [0.15, 0.2) is 0 Å². The summed E-state index contributed by atoms with van der Waals surface area (Å²) in [5.74, 6) is 0. The van der Waals surface area contributed by atoms with Crippen molar-refractivity contribution in [1.82, 2.24) is 4.31 Å². The second-order valence-corrected chi connectivity index (χ2v) is 7.58. The lowest BCUT2D eigenvalue weighted by atomic mass is 9.77. The summed E-state index contributed by atoms with van der Waals surface area (Å²) in [6.07, 6.45) is 4.74. The van der Waals surface area contributed by atoms with Crippen LogP contribution in [0.2, 0.25) is 0 Å². The number of aryl methyl sites for hydroxylation is 1. The van der Waals surface area contributed by atoms with Gasteiger partial charge in [-0.05, 0) is 43.7 Å². The highest BCUT2D eigenvalue weighted by atomic mass is 32.2. The van der Waals surface area contributed by atoms with E-state index in [4.69, 9.17) is 0 Å². The van der Waals surface area contributed by atoms with Gasteiger partial charge in [0.05, 0.1) is 4.90 Å². The molecule has 1 saturated heterocycles. The molecule has 0 aliphatic carbocycles. The Morgan fingerprint density at radius 1 is 1.25 bits per heavy atom. The third-order valence-corrected chi connectivity index (χ3v) is 6.43. The Labute approximate surface area is 122 Å². The fourth-order valence-corrected chi connectivity index (χ4v) is 4.17. The van der Waals surface area contributed by atoms with Crippen LogP contribution < -0.4 is 0 Å². The first-order valence-electron chi connectivity index (χ1n) is 7.14. The zero-order chi connectivity index (χ0) is 14.8. The van der Waals surface area contributed by atoms with Crippen molar-refractivity contribution >= 4 is 10.0 Å². The summed E-state index contributed by atoms with van der Waals surface area (Å²) >= 11 is 0. The van der Waals surface area contributed by atoms with E-state index in [-0.39, 0.29) is 5.41 Å². The molecule has 1 aliphatic rings. The lowest BCUT2D eigenvalue weighted by Gasteiger charge is -2.38. The summed E-state index contributed by atoms with van der Waals surface area (Å²) in [5, 5.41) is 0. The van der Waals surface area contributed by atoms with Gasteiger partial charge in [-0.2, -0.15) is 4.31 Å². The molecule has 0 saturated carbocycles. The fraction of sp³-hybridized carbons (Fsp3) is 0.500. The van der Waals surface area contributed by atoms with Gasteiger partial charge in [0.25, 0.3) is 0 Å². The normalized spacial score (nSPS) is 19.7. The van der Waals surface area contributed by atoms with Crippen molar-refractivity contribution in [3.63, 3.8) is 0 Å². The predicted octanol–water partition coefficient (Wildman–Crippen LogP) is 3.36. The first-order chi connectivity index (χ1) is 9.43. The molecule has 0 aromatic heterocycles. The largest absolute Gasteiger partial charge is 0.243 e. The summed E-state index contributed by atoms with van der Waals surface area (Å²) in [4.78, 5) is 0.394. The van der Waals surface area contributed by atoms with Gasteiger partial charge in [-0.3, -0.25) is 0 Å². The maximum Gasteiger partial charge on any atom is 0.243 e. The molecule has 110 valence electrons. The van der Waals surface area contributed by atoms with Gasteiger partial charge in [0.1, 0.15) is 0 Å². The van der Waals surface area contributed by atoms with Gasteiger partial charge in [0, 0.05) is 13.1 Å². The smallest absolute Gasteiger partial charge is 0.207 e. The maximum atomic E-state index is 12.6. The maximum absolute atomic E-state index is 12.6. The Morgan fingerprint density at radius 3 is 2.25 bits per heavy atom. The van der Waals surface area contributed by atoms with E-state index < -0.39 is 10.0 Å². The molecule has 0 unspecified atom stereocenters. The molecule has 0 N–H and O–H groups in total. The third-order valence-electron chi connectivity index (χ3n) is 4.51. The van der Waals surface area contributed by atoms with Gasteiger partial charge >= 0.3 is 0 Å². The number of benzene rings is 1. The van der Waals surface area contributed by atoms with E-state index in [9.17, 15) is 8.42 Å². The number of hydrogen-bond donors (Lipinski definition) is 0. The highest BCUT2D eigenvalue weighted by Gasteiger charge is 2.35. The molecule has 1 fully saturated rings. The standard InChI is InChI=1S/C16H23NO2S/c1-4-16(5-2)10-12-17(13-11-16)20(18,19)15-8-6-14(3)7-9-15/h4,6-9H,1,5,10-13H2,2-3H3. The molecule has 1 aromatic rings. The Hall–Kier alpha value is -1.13. The molecule has 3 nitrogen and oxygen atoms in total. The number of piperidine rings is 1. The number of allylic oxidation sites excluding steroid dienone is 1. The highest BCUT2D eigenvalue weighted by molar-refractivity contribution is 7.89. The van der Waals surface area contributed by atoms with Crippen molar-refractivity contribution in [3.8, 4) is 0 Å². The molecule has 2 rings (SSSR count). The Bertz CT molecular complexity index is 567. The Kier molecular flexibility index (Phi) is 4.35. The molecular formula is C16H23NO2S. The minimum Gasteiger partial charge on any atom is -0.207 e. The molecule has 0 amide bonds. The molecule has 1 aromatic carbocycles. The summed E-state index contributed by atoms with van der Waals surface area (Å²) in [7, 11) is -3.35. The molecular weight excluding hydrogens is 270 g/mol. The fourth-order valence-electron chi connectivity index (χ4n) is 2.73. The zero-order valence-electron chi connectivity index (χ0n) is 12.3. The van der Waals surface area contributed by atoms with E-state index in [2.05, 4.69) is 13.5 Å². The highest BCUT2D eigenvalue weighted by Crippen LogP contribution is 2.37. The van der Waals surface area contributed by atoms with Gasteiger partial charge in [0.2, 0.25) is 10.0 Å². The second kappa shape index (κ2) is 5.70. The van der Waals surface area contributed by atoms with Crippen molar-refractivity contribution in [2.24, 2.45) is 5.41 Å². The monoisotopic (exact) mass is 293 g/mol. The minimum absolute atomic E-state index is 0.110. The second-order valence-electron chi connectivity index (χ2n) is 5.64. The van der Waals surface area contributed by atoms with Crippen molar-refractivity contribution < 1.29 is 8.42 Å². The molecule has 0 atom stereocenters. The first kappa shape index (κ1) is 15.3. The average molecular weight is 293 g/mol. The SMILES string of the molecule is C=CC1(CC)CCN(S(=O)(=O)c2ccc(C)cc2)CC1. The summed E-state index contributed by atoms with van der Waals surface area (Å²) in [6, 6.07) is 7.08. The van der Waals surface area contributed by atoms with E-state index in [1.165, 1.54) is 0 Å². The number of sulfonamides is 1. The number of hydrogen-bond acceptors (Lipinski definition) is 2. The van der Waals surface area contributed by atoms with Crippen LogP contribution in [0, 0.1) is 12.3 Å². The van der Waals surface area contributed by atoms with Crippen molar-refractivity contribution in [2.75, 3.05) is 13.1 Å². The lowest BCUT2D eigenvalue weighted by Crippen LogP contribution is -2.42. The van der Waals surface area contributed by atoms with Crippen LogP contribution in [-0.4, -0.2) is 25.8 Å². The van der Waals surface area contributed by atoms with Gasteiger partial charge in [-0.15, -0.1) is 6.58 Å². The predicted molar refractivity (Wildman–Crippen MR) is 82.1 cm³/mol. The minimum atomic E-state index is -3.35. The Balaban J connectivity index is 2.17. The van der Waals surface area contributed by atoms with E-state index in [0.717, 1.165) is 24.8 Å². The quantitative estimate of drug-likeness (QED) is 0.798. The Morgan fingerprint density at radius 2 is 1.80 bits per heavy atom. The number of nitrogens with zero attached hydrogens (tertiary/aromatic N) is 1. The molecule has 4 heteroatoms. The molecule has 0 bridgehead atoms. The van der Waals surface area contributed by atoms with Crippen LogP contribution >= 0.6 is 0 Å². The van der Waals surface area contributed by atoms with Crippen LogP contribution in [-0.2, 0) is 10.0 Å². The molecule has 1 heterocycles. The van der Waals surface area contributed by atoms with Crippen LogP contribution in [0.5, 0.6) is 0 Å². The number of rotatable bonds is 4.